The highest BCUT2D eigenvalue weighted by Gasteiger charge is 2.26. The van der Waals surface area contributed by atoms with Crippen molar-refractivity contribution in [3.63, 3.8) is 0 Å². The molecule has 13 heteroatoms. The lowest BCUT2D eigenvalue weighted by atomic mass is 10.1. The highest BCUT2D eigenvalue weighted by Crippen LogP contribution is 2.47. The molecule has 21 aromatic rings. The highest BCUT2D eigenvalue weighted by atomic mass is 15.2. The number of benzene rings is 12. The number of nitrogens with zero attached hydrogens (tertiary/aromatic N) is 13. The summed E-state index contributed by atoms with van der Waals surface area (Å²) in [6.07, 6.45) is 15.8. The molecule has 0 aliphatic heterocycles. The smallest absolute Gasteiger partial charge is 0.156 e. The van der Waals surface area contributed by atoms with Crippen molar-refractivity contribution in [2.45, 2.75) is 0 Å². The van der Waals surface area contributed by atoms with Gasteiger partial charge >= 0.3 is 0 Å². The quantitative estimate of drug-likeness (QED) is 0.142. The Morgan fingerprint density at radius 2 is 0.588 bits per heavy atom. The minimum atomic E-state index is 0.424. The zero-order chi connectivity index (χ0) is 66.0. The van der Waals surface area contributed by atoms with E-state index in [1.807, 2.05) is 61.2 Å². The minimum absolute atomic E-state index is 0.424. The first-order valence-electron chi connectivity index (χ1n) is 33.7. The van der Waals surface area contributed by atoms with E-state index in [4.69, 9.17) is 14.1 Å². The van der Waals surface area contributed by atoms with Crippen LogP contribution in [0.15, 0.2) is 311 Å². The van der Waals surface area contributed by atoms with Gasteiger partial charge in [0.1, 0.15) is 6.33 Å². The first-order valence-corrected chi connectivity index (χ1v) is 32.2. The van der Waals surface area contributed by atoms with Gasteiger partial charge in [-0.25, -0.2) is 19.9 Å². The van der Waals surface area contributed by atoms with Gasteiger partial charge in [0.15, 0.2) is 11.6 Å². The second-order valence-corrected chi connectivity index (χ2v) is 24.6. The molecule has 0 N–H and O–H groups in total. The fourth-order valence-electron chi connectivity index (χ4n) is 15.8. The van der Waals surface area contributed by atoms with Crippen molar-refractivity contribution in [1.82, 2.24) is 57.3 Å². The molecule has 0 radical (unpaired) electrons. The molecule has 13 nitrogen and oxygen atoms in total. The first-order chi connectivity index (χ1) is 49.4. The van der Waals surface area contributed by atoms with Gasteiger partial charge in [0.25, 0.3) is 0 Å². The van der Waals surface area contributed by atoms with Gasteiger partial charge in [-0.1, -0.05) is 127 Å². The lowest BCUT2D eigenvalue weighted by Gasteiger charge is -2.26. The fourth-order valence-corrected chi connectivity index (χ4v) is 15.8. The maximum Gasteiger partial charge on any atom is 0.156 e. The molecule has 97 heavy (non-hydrogen) atoms. The Kier molecular flexibility index (Phi) is 10.6. The summed E-state index contributed by atoms with van der Waals surface area (Å²) >= 11 is 0. The third kappa shape index (κ3) is 7.58. The zero-order valence-corrected chi connectivity index (χ0v) is 51.5. The van der Waals surface area contributed by atoms with E-state index in [1.54, 1.807) is 31.1 Å². The molecule has 0 saturated heterocycles. The number of hydrogen-bond donors (Lipinski definition) is 0. The zero-order valence-electron chi connectivity index (χ0n) is 54.5. The topological polar surface area (TPSA) is 110 Å². The Balaban J connectivity index is 0.751. The second kappa shape index (κ2) is 20.5. The van der Waals surface area contributed by atoms with Crippen molar-refractivity contribution in [3.05, 3.63) is 311 Å². The van der Waals surface area contributed by atoms with Crippen molar-refractivity contribution in [2.24, 2.45) is 0 Å². The average Bonchev–Trinajstić information content (AvgIpc) is 1.56. The van der Waals surface area contributed by atoms with Crippen LogP contribution in [0.2, 0.25) is 0 Å². The Morgan fingerprint density at radius 1 is 0.247 bits per heavy atom. The SMILES string of the molecule is [2H]c1ccc2c(c1)c1c(ccc3c4ccccc4n(-c4cncnc4)c31)n2-c1ccc(N(c2ccc(-n3c4ccc([2H])cc4c4c3ccc3c5ccccc5n(-c5cnccn5)c34)cc2)c2ccc(-n3c4ccc([2H])cc4c4c3ccc3c5ccccc5n(-c5cnccn5)c34)cc2)cc1. The molecule has 0 aliphatic carbocycles. The molecule has 0 unspecified atom stereocenters. The summed E-state index contributed by atoms with van der Waals surface area (Å²) < 4.78 is 40.6. The molecule has 0 aliphatic rings. The van der Waals surface area contributed by atoms with Crippen LogP contribution < -0.4 is 4.90 Å². The third-order valence-electron chi connectivity index (χ3n) is 19.7. The van der Waals surface area contributed by atoms with Crippen LogP contribution in [0.3, 0.4) is 0 Å². The van der Waals surface area contributed by atoms with E-state index in [0.29, 0.717) is 29.8 Å². The molecule has 12 aromatic carbocycles. The number of aromatic nitrogens is 12. The fraction of sp³-hybridized carbons (Fsp3) is 0. The Labute approximate surface area is 556 Å². The van der Waals surface area contributed by atoms with Gasteiger partial charge in [-0.2, -0.15) is 0 Å². The van der Waals surface area contributed by atoms with Crippen LogP contribution in [0.25, 0.3) is 165 Å². The van der Waals surface area contributed by atoms with E-state index in [2.05, 4.69) is 252 Å². The number of fused-ring (bicyclic) bond motifs is 21. The van der Waals surface area contributed by atoms with Crippen molar-refractivity contribution in [3.8, 4) is 34.4 Å². The standard InChI is InChI=1S/C84H51N13/c1-7-19-68-59(13-1)62-37-40-74-79(82(62)95(68)58-47-87-51-88-48-58)65-16-4-10-22-71(65)92(74)55-31-25-52(26-32-55)91(53-27-33-56(34-28-53)93-72-23-11-5-17-66(72)80-75(93)41-38-63-60-14-2-8-20-69(60)96(83(63)80)77-49-85-43-45-89-77)54-29-35-57(36-30-54)94-73-24-12-6-18-67(73)81-76(94)42-39-64-61-15-3-9-21-70(61)97(84(64)81)78-50-86-44-46-90-78/h1-51H/i4D,5D,6D. The van der Waals surface area contributed by atoms with Crippen LogP contribution in [0.5, 0.6) is 0 Å². The molecule has 0 atom stereocenters. The van der Waals surface area contributed by atoms with E-state index in [9.17, 15) is 0 Å². The summed E-state index contributed by atoms with van der Waals surface area (Å²) in [4.78, 5) is 30.0. The molecule has 21 rings (SSSR count). The van der Waals surface area contributed by atoms with Crippen LogP contribution in [0, 0.1) is 0 Å². The first kappa shape index (κ1) is 50.1. The van der Waals surface area contributed by atoms with E-state index in [1.165, 1.54) is 0 Å². The molecule has 452 valence electrons. The Hall–Kier alpha value is -13.5. The Bertz CT molecular complexity index is 6310. The maximum absolute atomic E-state index is 9.01. The summed E-state index contributed by atoms with van der Waals surface area (Å²) in [5.41, 5.74) is 18.6. The normalized spacial score (nSPS) is 12.6. The van der Waals surface area contributed by atoms with Gasteiger partial charge in [0.2, 0.25) is 0 Å². The molecular formula is C84H51N13. The van der Waals surface area contributed by atoms with Crippen LogP contribution >= 0.6 is 0 Å². The summed E-state index contributed by atoms with van der Waals surface area (Å²) in [5, 5.41) is 12.6. The minimum Gasteiger partial charge on any atom is -0.310 e. The van der Waals surface area contributed by atoms with Crippen molar-refractivity contribution >= 4 is 148 Å². The van der Waals surface area contributed by atoms with E-state index >= 15 is 0 Å². The van der Waals surface area contributed by atoms with Gasteiger partial charge in [-0.3, -0.25) is 19.1 Å². The van der Waals surface area contributed by atoms with Crippen molar-refractivity contribution in [1.29, 1.82) is 0 Å². The molecule has 9 aromatic heterocycles. The van der Waals surface area contributed by atoms with Crippen molar-refractivity contribution in [2.75, 3.05) is 4.90 Å². The Morgan fingerprint density at radius 3 is 0.959 bits per heavy atom. The van der Waals surface area contributed by atoms with Gasteiger partial charge in [0, 0.05) is 124 Å². The van der Waals surface area contributed by atoms with E-state index in [-0.39, 0.29) is 0 Å². The van der Waals surface area contributed by atoms with Crippen molar-refractivity contribution < 1.29 is 4.11 Å². The number of hydrogen-bond acceptors (Lipinski definition) is 7. The van der Waals surface area contributed by atoms with Gasteiger partial charge in [-0.15, -0.1) is 0 Å². The summed E-state index contributed by atoms with van der Waals surface area (Å²) in [6, 6.07) is 84.0. The number of anilines is 3. The lowest BCUT2D eigenvalue weighted by molar-refractivity contribution is 1.04. The van der Waals surface area contributed by atoms with Crippen LogP contribution in [-0.4, -0.2) is 57.3 Å². The molecular weight excluding hydrogens is 1190 g/mol. The van der Waals surface area contributed by atoms with Crippen LogP contribution in [-0.2, 0) is 0 Å². The lowest BCUT2D eigenvalue weighted by Crippen LogP contribution is -2.10. The van der Waals surface area contributed by atoms with Gasteiger partial charge in [-0.05, 0) is 127 Å². The predicted octanol–water partition coefficient (Wildman–Crippen LogP) is 20.1. The number of para-hydroxylation sites is 6. The molecule has 0 amide bonds. The summed E-state index contributed by atoms with van der Waals surface area (Å²) in [7, 11) is 0. The predicted molar refractivity (Wildman–Crippen MR) is 394 cm³/mol. The monoisotopic (exact) mass is 1240 g/mol. The van der Waals surface area contributed by atoms with E-state index < -0.39 is 0 Å². The highest BCUT2D eigenvalue weighted by molar-refractivity contribution is 6.29. The summed E-state index contributed by atoms with van der Waals surface area (Å²) in [5.74, 6) is 1.43. The van der Waals surface area contributed by atoms with Gasteiger partial charge in [0.05, 0.1) is 101 Å². The molecule has 0 fully saturated rings. The van der Waals surface area contributed by atoms with Crippen LogP contribution in [0.4, 0.5) is 17.1 Å². The molecule has 0 spiro atoms. The second-order valence-electron chi connectivity index (χ2n) is 24.6. The average molecular weight is 1250 g/mol. The van der Waals surface area contributed by atoms with E-state index in [0.717, 1.165) is 171 Å². The van der Waals surface area contributed by atoms with Crippen LogP contribution in [0.1, 0.15) is 4.11 Å². The summed E-state index contributed by atoms with van der Waals surface area (Å²) in [6.45, 7) is 0. The molecule has 9 heterocycles. The maximum atomic E-state index is 9.01. The largest absolute Gasteiger partial charge is 0.310 e. The number of rotatable bonds is 9. The third-order valence-corrected chi connectivity index (χ3v) is 19.7. The molecule has 0 saturated carbocycles. The molecule has 0 bridgehead atoms. The van der Waals surface area contributed by atoms with Gasteiger partial charge < -0.3 is 23.2 Å².